The first kappa shape index (κ1) is 15.6. The molecule has 1 aromatic carbocycles. The fraction of sp³-hybridized carbons (Fsp3) is 0.562. The predicted octanol–water partition coefficient (Wildman–Crippen LogP) is 2.61. The molecule has 21 heavy (non-hydrogen) atoms. The number of benzene rings is 1. The summed E-state index contributed by atoms with van der Waals surface area (Å²) in [6.07, 6.45) is 3.87. The van der Waals surface area contributed by atoms with Gasteiger partial charge in [0.15, 0.2) is 0 Å². The second-order valence-corrected chi connectivity index (χ2v) is 5.49. The number of hydrogen-bond donors (Lipinski definition) is 2. The number of anilines is 1. The largest absolute Gasteiger partial charge is 0.495 e. The number of carbonyl (C=O) groups is 1. The van der Waals surface area contributed by atoms with E-state index >= 15 is 0 Å². The quantitative estimate of drug-likeness (QED) is 0.877. The van der Waals surface area contributed by atoms with Gasteiger partial charge in [0, 0.05) is 13.1 Å². The summed E-state index contributed by atoms with van der Waals surface area (Å²) in [6, 6.07) is 5.54. The molecule has 1 saturated heterocycles. The number of methoxy groups -OCH3 is 1. The molecule has 0 aliphatic carbocycles. The van der Waals surface area contributed by atoms with Crippen LogP contribution in [0.1, 0.15) is 24.8 Å². The molecule has 1 fully saturated rings. The van der Waals surface area contributed by atoms with Crippen LogP contribution in [0.25, 0.3) is 0 Å². The Kier molecular flexibility index (Phi) is 5.87. The van der Waals surface area contributed by atoms with Crippen LogP contribution in [0.4, 0.5) is 10.5 Å². The van der Waals surface area contributed by atoms with Gasteiger partial charge in [-0.25, -0.2) is 4.79 Å². The molecule has 1 aliphatic rings. The third-order valence-corrected chi connectivity index (χ3v) is 3.77. The summed E-state index contributed by atoms with van der Waals surface area (Å²) in [5, 5.41) is 5.75. The number of urea groups is 1. The predicted molar refractivity (Wildman–Crippen MR) is 85.0 cm³/mol. The molecular weight excluding hydrogens is 266 g/mol. The lowest BCUT2D eigenvalue weighted by molar-refractivity contribution is 0.224. The minimum Gasteiger partial charge on any atom is -0.495 e. The molecule has 2 amide bonds. The van der Waals surface area contributed by atoms with E-state index < -0.39 is 0 Å². The molecule has 1 heterocycles. The maximum Gasteiger partial charge on any atom is 0.319 e. The Morgan fingerprint density at radius 3 is 2.76 bits per heavy atom. The van der Waals surface area contributed by atoms with Crippen LogP contribution in [0.3, 0.4) is 0 Å². The first-order valence-corrected chi connectivity index (χ1v) is 7.61. The van der Waals surface area contributed by atoms with E-state index in [9.17, 15) is 4.79 Å². The van der Waals surface area contributed by atoms with E-state index in [1.807, 2.05) is 25.1 Å². The van der Waals surface area contributed by atoms with Gasteiger partial charge in [-0.3, -0.25) is 0 Å². The number of rotatable bonds is 5. The molecule has 0 saturated carbocycles. The molecule has 0 aromatic heterocycles. The Hall–Kier alpha value is -1.75. The summed E-state index contributed by atoms with van der Waals surface area (Å²) >= 11 is 0. The second-order valence-electron chi connectivity index (χ2n) is 5.49. The van der Waals surface area contributed by atoms with E-state index in [4.69, 9.17) is 4.74 Å². The molecule has 0 radical (unpaired) electrons. The van der Waals surface area contributed by atoms with Crippen molar-refractivity contribution in [2.45, 2.75) is 26.2 Å². The third kappa shape index (κ3) is 4.93. The van der Waals surface area contributed by atoms with Gasteiger partial charge >= 0.3 is 6.03 Å². The van der Waals surface area contributed by atoms with Crippen molar-refractivity contribution < 1.29 is 9.53 Å². The lowest BCUT2D eigenvalue weighted by atomic mass is 10.1. The summed E-state index contributed by atoms with van der Waals surface area (Å²) in [5.74, 6) is 0.673. The van der Waals surface area contributed by atoms with Crippen molar-refractivity contribution in [3.8, 4) is 5.75 Å². The van der Waals surface area contributed by atoms with Crippen molar-refractivity contribution >= 4 is 11.7 Å². The summed E-state index contributed by atoms with van der Waals surface area (Å²) < 4.78 is 5.25. The van der Waals surface area contributed by atoms with Gasteiger partial charge in [-0.05, 0) is 50.6 Å². The van der Waals surface area contributed by atoms with E-state index in [0.29, 0.717) is 18.0 Å². The molecule has 2 N–H and O–H groups in total. The first-order valence-electron chi connectivity index (χ1n) is 7.61. The number of hydrogen-bond acceptors (Lipinski definition) is 3. The Bertz CT molecular complexity index is 471. The highest BCUT2D eigenvalue weighted by molar-refractivity contribution is 5.91. The van der Waals surface area contributed by atoms with Gasteiger partial charge < -0.3 is 20.3 Å². The van der Waals surface area contributed by atoms with Crippen molar-refractivity contribution in [2.24, 2.45) is 0 Å². The Balaban J connectivity index is 1.77. The van der Waals surface area contributed by atoms with Gasteiger partial charge in [-0.2, -0.15) is 0 Å². The number of likely N-dealkylation sites (tertiary alicyclic amines) is 1. The highest BCUT2D eigenvalue weighted by Gasteiger charge is 2.11. The van der Waals surface area contributed by atoms with Crippen molar-refractivity contribution in [2.75, 3.05) is 38.6 Å². The Labute approximate surface area is 126 Å². The topological polar surface area (TPSA) is 53.6 Å². The van der Waals surface area contributed by atoms with E-state index in [2.05, 4.69) is 15.5 Å². The van der Waals surface area contributed by atoms with Gasteiger partial charge in [0.05, 0.1) is 12.8 Å². The first-order chi connectivity index (χ1) is 10.2. The van der Waals surface area contributed by atoms with Gasteiger partial charge in [0.25, 0.3) is 0 Å². The summed E-state index contributed by atoms with van der Waals surface area (Å²) in [6.45, 7) is 5.86. The molecular formula is C16H25N3O2. The molecule has 1 aromatic rings. The Morgan fingerprint density at radius 2 is 2.05 bits per heavy atom. The molecule has 2 rings (SSSR count). The van der Waals surface area contributed by atoms with Crippen molar-refractivity contribution in [3.05, 3.63) is 23.8 Å². The average molecular weight is 291 g/mol. The molecule has 5 heteroatoms. The highest BCUT2D eigenvalue weighted by atomic mass is 16.5. The third-order valence-electron chi connectivity index (χ3n) is 3.77. The van der Waals surface area contributed by atoms with Crippen molar-refractivity contribution in [1.82, 2.24) is 10.2 Å². The zero-order valence-corrected chi connectivity index (χ0v) is 12.9. The SMILES string of the molecule is COc1ccc(C)cc1NC(=O)NCCN1CCCCC1. The van der Waals surface area contributed by atoms with Gasteiger partial charge in [0.2, 0.25) is 0 Å². The monoisotopic (exact) mass is 291 g/mol. The van der Waals surface area contributed by atoms with E-state index in [1.165, 1.54) is 19.3 Å². The molecule has 0 unspecified atom stereocenters. The van der Waals surface area contributed by atoms with Gasteiger partial charge in [-0.15, -0.1) is 0 Å². The fourth-order valence-corrected chi connectivity index (χ4v) is 2.60. The van der Waals surface area contributed by atoms with Crippen LogP contribution >= 0.6 is 0 Å². The molecule has 5 nitrogen and oxygen atoms in total. The molecule has 0 spiro atoms. The van der Waals surface area contributed by atoms with E-state index in [1.54, 1.807) is 7.11 Å². The smallest absolute Gasteiger partial charge is 0.319 e. The lowest BCUT2D eigenvalue weighted by Crippen LogP contribution is -2.39. The van der Waals surface area contributed by atoms with Crippen LogP contribution in [-0.2, 0) is 0 Å². The van der Waals surface area contributed by atoms with Crippen LogP contribution in [-0.4, -0.2) is 44.2 Å². The van der Waals surface area contributed by atoms with Gasteiger partial charge in [-0.1, -0.05) is 12.5 Å². The van der Waals surface area contributed by atoms with Crippen LogP contribution in [0.15, 0.2) is 18.2 Å². The zero-order chi connectivity index (χ0) is 15.1. The molecule has 1 aliphatic heterocycles. The van der Waals surface area contributed by atoms with Crippen LogP contribution in [0.2, 0.25) is 0 Å². The number of amides is 2. The second kappa shape index (κ2) is 7.88. The standard InChI is InChI=1S/C16H25N3O2/c1-13-6-7-15(21-2)14(12-13)18-16(20)17-8-11-19-9-4-3-5-10-19/h6-7,12H,3-5,8-11H2,1-2H3,(H2,17,18,20). The van der Waals surface area contributed by atoms with E-state index in [-0.39, 0.29) is 6.03 Å². The minimum absolute atomic E-state index is 0.184. The van der Waals surface area contributed by atoms with Crippen LogP contribution in [0.5, 0.6) is 5.75 Å². The number of carbonyl (C=O) groups excluding carboxylic acids is 1. The summed E-state index contributed by atoms with van der Waals surface area (Å²) in [4.78, 5) is 14.3. The zero-order valence-electron chi connectivity index (χ0n) is 12.9. The van der Waals surface area contributed by atoms with E-state index in [0.717, 1.165) is 25.2 Å². The average Bonchev–Trinajstić information content (AvgIpc) is 2.48. The summed E-state index contributed by atoms with van der Waals surface area (Å²) in [7, 11) is 1.60. The number of piperidine rings is 1. The Morgan fingerprint density at radius 1 is 1.29 bits per heavy atom. The maximum absolute atomic E-state index is 11.9. The number of ether oxygens (including phenoxy) is 1. The normalized spacial score (nSPS) is 15.5. The van der Waals surface area contributed by atoms with Crippen LogP contribution in [0, 0.1) is 6.92 Å². The molecule has 0 bridgehead atoms. The van der Waals surface area contributed by atoms with Crippen LogP contribution < -0.4 is 15.4 Å². The minimum atomic E-state index is -0.184. The maximum atomic E-state index is 11.9. The number of nitrogens with one attached hydrogen (secondary N) is 2. The fourth-order valence-electron chi connectivity index (χ4n) is 2.60. The number of nitrogens with zero attached hydrogens (tertiary/aromatic N) is 1. The summed E-state index contributed by atoms with van der Waals surface area (Å²) in [5.41, 5.74) is 1.78. The number of aryl methyl sites for hydroxylation is 1. The van der Waals surface area contributed by atoms with Crippen molar-refractivity contribution in [3.63, 3.8) is 0 Å². The van der Waals surface area contributed by atoms with Gasteiger partial charge in [0.1, 0.15) is 5.75 Å². The lowest BCUT2D eigenvalue weighted by Gasteiger charge is -2.26. The molecule has 116 valence electrons. The molecule has 0 atom stereocenters. The highest BCUT2D eigenvalue weighted by Crippen LogP contribution is 2.24. The van der Waals surface area contributed by atoms with Crippen molar-refractivity contribution in [1.29, 1.82) is 0 Å².